The van der Waals surface area contributed by atoms with Gasteiger partial charge >= 0.3 is 5.97 Å². The molecule has 1 aromatic carbocycles. The number of nitrogens with zero attached hydrogens (tertiary/aromatic N) is 1. The van der Waals surface area contributed by atoms with Gasteiger partial charge in [-0.15, -0.1) is 0 Å². The minimum atomic E-state index is -1.10. The second-order valence-corrected chi connectivity index (χ2v) is 6.37. The molecule has 110 valence electrons. The molecule has 1 atom stereocenters. The fourth-order valence-electron chi connectivity index (χ4n) is 1.72. The molecule has 0 bridgehead atoms. The molecule has 1 amide bonds. The van der Waals surface area contributed by atoms with Crippen molar-refractivity contribution in [1.29, 1.82) is 0 Å². The predicted octanol–water partition coefficient (Wildman–Crippen LogP) is 2.20. The smallest absolute Gasteiger partial charge is 0.326 e. The highest BCUT2D eigenvalue weighted by Gasteiger charge is 2.22. The summed E-state index contributed by atoms with van der Waals surface area (Å²) >= 11 is 5.38. The lowest BCUT2D eigenvalue weighted by molar-refractivity contribution is -0.139. The Hall–Kier alpha value is -1.42. The number of aliphatic carboxylic acids is 1. The lowest BCUT2D eigenvalue weighted by Gasteiger charge is -2.14. The van der Waals surface area contributed by atoms with Gasteiger partial charge in [0.15, 0.2) is 0 Å². The van der Waals surface area contributed by atoms with E-state index in [1.807, 2.05) is 6.07 Å². The highest BCUT2D eigenvalue weighted by molar-refractivity contribution is 14.1. The number of halogens is 2. The van der Waals surface area contributed by atoms with Crippen LogP contribution in [0.25, 0.3) is 0 Å². The van der Waals surface area contributed by atoms with Crippen molar-refractivity contribution in [2.24, 2.45) is 0 Å². The van der Waals surface area contributed by atoms with E-state index in [1.165, 1.54) is 12.5 Å². The van der Waals surface area contributed by atoms with E-state index in [9.17, 15) is 14.7 Å². The van der Waals surface area contributed by atoms with Gasteiger partial charge in [-0.05, 0) is 56.7 Å². The van der Waals surface area contributed by atoms with E-state index in [1.54, 1.807) is 12.1 Å². The normalized spacial score (nSPS) is 11.9. The Morgan fingerprint density at radius 1 is 1.48 bits per heavy atom. The molecule has 0 radical (unpaired) electrons. The number of carbonyl (C=O) groups excluding carboxylic acids is 1. The van der Waals surface area contributed by atoms with Crippen LogP contribution in [0.5, 0.6) is 0 Å². The van der Waals surface area contributed by atoms with Crippen LogP contribution in [0.15, 0.2) is 35.2 Å². The van der Waals surface area contributed by atoms with Gasteiger partial charge in [0.1, 0.15) is 6.04 Å². The van der Waals surface area contributed by atoms with Gasteiger partial charge < -0.3 is 15.4 Å². The number of hydrogen-bond acceptors (Lipinski definition) is 3. The van der Waals surface area contributed by atoms with E-state index < -0.39 is 17.9 Å². The number of imidazole rings is 1. The zero-order valence-corrected chi connectivity index (χ0v) is 14.4. The van der Waals surface area contributed by atoms with Gasteiger partial charge in [-0.2, -0.15) is 0 Å². The lowest BCUT2D eigenvalue weighted by atomic mass is 10.1. The molecule has 0 aliphatic rings. The molecule has 0 aliphatic heterocycles. The van der Waals surface area contributed by atoms with Crippen LogP contribution in [0.2, 0.25) is 0 Å². The minimum Gasteiger partial charge on any atom is -0.480 e. The Morgan fingerprint density at radius 3 is 2.86 bits per heavy atom. The van der Waals surface area contributed by atoms with E-state index in [4.69, 9.17) is 0 Å². The van der Waals surface area contributed by atoms with E-state index in [0.717, 1.165) is 3.57 Å². The molecule has 0 saturated heterocycles. The summed E-state index contributed by atoms with van der Waals surface area (Å²) < 4.78 is 1.51. The van der Waals surface area contributed by atoms with Crippen LogP contribution < -0.4 is 5.32 Å². The molecule has 6 nitrogen and oxygen atoms in total. The minimum absolute atomic E-state index is 0.141. The number of aromatic nitrogens is 2. The third-order valence-corrected chi connectivity index (χ3v) is 4.12. The predicted molar refractivity (Wildman–Crippen MR) is 88.0 cm³/mol. The van der Waals surface area contributed by atoms with Crippen LogP contribution in [-0.2, 0) is 11.2 Å². The number of nitrogens with one attached hydrogen (secondary N) is 2. The van der Waals surface area contributed by atoms with Gasteiger partial charge in [-0.1, -0.05) is 0 Å². The maximum atomic E-state index is 12.2. The molecule has 1 aromatic heterocycles. The van der Waals surface area contributed by atoms with Gasteiger partial charge in [-0.25, -0.2) is 9.78 Å². The maximum Gasteiger partial charge on any atom is 0.326 e. The largest absolute Gasteiger partial charge is 0.480 e. The van der Waals surface area contributed by atoms with Crippen LogP contribution in [0.3, 0.4) is 0 Å². The Kier molecular flexibility index (Phi) is 5.34. The molecule has 0 unspecified atom stereocenters. The molecule has 0 saturated carbocycles. The average molecular weight is 464 g/mol. The van der Waals surface area contributed by atoms with E-state index >= 15 is 0 Å². The number of carboxylic acids is 1. The quantitative estimate of drug-likeness (QED) is 0.592. The van der Waals surface area contributed by atoms with Crippen LogP contribution >= 0.6 is 38.5 Å². The molecular weight excluding hydrogens is 453 g/mol. The lowest BCUT2D eigenvalue weighted by Crippen LogP contribution is -2.42. The molecule has 2 aromatic rings. The van der Waals surface area contributed by atoms with Crippen molar-refractivity contribution in [2.45, 2.75) is 12.5 Å². The number of rotatable bonds is 5. The van der Waals surface area contributed by atoms with E-state index in [2.05, 4.69) is 53.8 Å². The zero-order chi connectivity index (χ0) is 15.4. The summed E-state index contributed by atoms with van der Waals surface area (Å²) in [5, 5.41) is 11.7. The second kappa shape index (κ2) is 7.03. The summed E-state index contributed by atoms with van der Waals surface area (Å²) in [6.45, 7) is 0. The summed E-state index contributed by atoms with van der Waals surface area (Å²) in [5.41, 5.74) is 1.04. The first-order valence-corrected chi connectivity index (χ1v) is 7.80. The van der Waals surface area contributed by atoms with Crippen LogP contribution in [0.4, 0.5) is 0 Å². The molecule has 21 heavy (non-hydrogen) atoms. The van der Waals surface area contributed by atoms with E-state index in [-0.39, 0.29) is 6.42 Å². The van der Waals surface area contributed by atoms with Crippen molar-refractivity contribution in [2.75, 3.05) is 0 Å². The zero-order valence-electron chi connectivity index (χ0n) is 10.6. The fourth-order valence-corrected chi connectivity index (χ4v) is 2.64. The molecule has 8 heteroatoms. The van der Waals surface area contributed by atoms with Crippen molar-refractivity contribution in [3.05, 3.63) is 50.0 Å². The summed E-state index contributed by atoms with van der Waals surface area (Å²) in [6.07, 6.45) is 3.14. The Balaban J connectivity index is 2.14. The number of aromatic amines is 1. The summed E-state index contributed by atoms with van der Waals surface area (Å²) in [6, 6.07) is 4.26. The van der Waals surface area contributed by atoms with Crippen molar-refractivity contribution in [3.8, 4) is 0 Å². The number of H-pyrrole nitrogens is 1. The summed E-state index contributed by atoms with van der Waals surface area (Å²) in [5.74, 6) is -1.54. The number of hydrogen-bond donors (Lipinski definition) is 3. The third-order valence-electron chi connectivity index (χ3n) is 2.76. The number of benzene rings is 1. The highest BCUT2D eigenvalue weighted by Crippen LogP contribution is 2.19. The van der Waals surface area contributed by atoms with Crippen molar-refractivity contribution in [3.63, 3.8) is 0 Å². The first-order chi connectivity index (χ1) is 9.97. The molecule has 1 heterocycles. The Morgan fingerprint density at radius 2 is 2.24 bits per heavy atom. The number of carbonyl (C=O) groups is 2. The molecule has 3 N–H and O–H groups in total. The number of amides is 1. The summed E-state index contributed by atoms with van der Waals surface area (Å²) in [4.78, 5) is 30.2. The first kappa shape index (κ1) is 16.0. The SMILES string of the molecule is O=C(N[C@H](Cc1cnc[nH]1)C(=O)O)c1cc(I)ccc1Br. The Bertz CT molecular complexity index is 661. The standard InChI is InChI=1S/C13H11BrIN3O3/c14-10-2-1-7(15)3-9(10)12(19)18-11(13(20)21)4-8-5-16-6-17-8/h1-3,5-6,11H,4H2,(H,16,17)(H,18,19)(H,20,21)/t11-/m1/s1. The average Bonchev–Trinajstić information content (AvgIpc) is 2.93. The molecule has 0 fully saturated rings. The molecular formula is C13H11BrIN3O3. The number of carboxylic acid groups (broad SMARTS) is 1. The highest BCUT2D eigenvalue weighted by atomic mass is 127. The molecule has 0 spiro atoms. The monoisotopic (exact) mass is 463 g/mol. The van der Waals surface area contributed by atoms with Crippen molar-refractivity contribution in [1.82, 2.24) is 15.3 Å². The van der Waals surface area contributed by atoms with Crippen LogP contribution in [0.1, 0.15) is 16.1 Å². The molecule has 0 aliphatic carbocycles. The Labute approximate surface area is 142 Å². The van der Waals surface area contributed by atoms with Gasteiger partial charge in [-0.3, -0.25) is 4.79 Å². The van der Waals surface area contributed by atoms with E-state index in [0.29, 0.717) is 15.7 Å². The van der Waals surface area contributed by atoms with Gasteiger partial charge in [0, 0.05) is 26.4 Å². The van der Waals surface area contributed by atoms with Gasteiger partial charge in [0.2, 0.25) is 0 Å². The second-order valence-electron chi connectivity index (χ2n) is 4.27. The van der Waals surface area contributed by atoms with Gasteiger partial charge in [0.05, 0.1) is 11.9 Å². The maximum absolute atomic E-state index is 12.2. The topological polar surface area (TPSA) is 95.1 Å². The fraction of sp³-hybridized carbons (Fsp3) is 0.154. The van der Waals surface area contributed by atoms with Crippen molar-refractivity contribution >= 4 is 50.4 Å². The van der Waals surface area contributed by atoms with Crippen molar-refractivity contribution < 1.29 is 14.7 Å². The summed E-state index contributed by atoms with van der Waals surface area (Å²) in [7, 11) is 0. The molecule has 2 rings (SSSR count). The van der Waals surface area contributed by atoms with Crippen LogP contribution in [-0.4, -0.2) is 33.0 Å². The van der Waals surface area contributed by atoms with Crippen LogP contribution in [0, 0.1) is 3.57 Å². The van der Waals surface area contributed by atoms with Gasteiger partial charge in [0.25, 0.3) is 5.91 Å². The first-order valence-electron chi connectivity index (χ1n) is 5.93. The third kappa shape index (κ3) is 4.27.